The number of rotatable bonds is 5. The second-order valence-corrected chi connectivity index (χ2v) is 7.41. The van der Waals surface area contributed by atoms with Crippen LogP contribution in [0.1, 0.15) is 34.1 Å². The van der Waals surface area contributed by atoms with Crippen LogP contribution in [0.25, 0.3) is 0 Å². The van der Waals surface area contributed by atoms with Crippen molar-refractivity contribution >= 4 is 45.5 Å². The van der Waals surface area contributed by atoms with E-state index >= 15 is 0 Å². The number of thiophene rings is 1. The molecule has 1 N–H and O–H groups in total. The number of aromatic nitrogens is 1. The van der Waals surface area contributed by atoms with Crippen molar-refractivity contribution in [2.75, 3.05) is 4.43 Å². The predicted molar refractivity (Wildman–Crippen MR) is 94.3 cm³/mol. The Bertz CT molecular complexity index is 683. The maximum Gasteiger partial charge on any atom is 0.275 e. The number of alkyl halides is 1. The van der Waals surface area contributed by atoms with Crippen LogP contribution in [0.3, 0.4) is 0 Å². The molecule has 7 heteroatoms. The third-order valence-electron chi connectivity index (χ3n) is 3.27. The van der Waals surface area contributed by atoms with Crippen LogP contribution in [0.2, 0.25) is 4.34 Å². The van der Waals surface area contributed by atoms with E-state index < -0.39 is 12.4 Å². The zero-order valence-corrected chi connectivity index (χ0v) is 15.1. The van der Waals surface area contributed by atoms with E-state index in [-0.39, 0.29) is 0 Å². The highest BCUT2D eigenvalue weighted by molar-refractivity contribution is 14.1. The highest BCUT2D eigenvalue weighted by atomic mass is 127. The number of halogens is 2. The van der Waals surface area contributed by atoms with Gasteiger partial charge in [-0.1, -0.05) is 40.3 Å². The fourth-order valence-electron chi connectivity index (χ4n) is 2.24. The quantitative estimate of drug-likeness (QED) is 0.544. The third kappa shape index (κ3) is 3.24. The Morgan fingerprint density at radius 1 is 1.41 bits per heavy atom. The lowest BCUT2D eigenvalue weighted by atomic mass is 10.0. The molecule has 3 heterocycles. The lowest BCUT2D eigenvalue weighted by molar-refractivity contribution is -0.0217. The van der Waals surface area contributed by atoms with Gasteiger partial charge in [0.1, 0.15) is 18.6 Å². The molecule has 0 aliphatic carbocycles. The topological polar surface area (TPSA) is 51.6 Å². The maximum absolute atomic E-state index is 10.7. The van der Waals surface area contributed by atoms with E-state index in [1.54, 1.807) is 6.20 Å². The number of hydrogen-bond donors (Lipinski definition) is 1. The number of aliphatic hydroxyl groups excluding tert-OH is 1. The van der Waals surface area contributed by atoms with E-state index in [2.05, 4.69) is 27.6 Å². The van der Waals surface area contributed by atoms with Crippen LogP contribution >= 0.6 is 45.5 Å². The van der Waals surface area contributed by atoms with Crippen molar-refractivity contribution in [2.24, 2.45) is 0 Å². The lowest BCUT2D eigenvalue weighted by Crippen LogP contribution is -2.06. The van der Waals surface area contributed by atoms with Crippen LogP contribution in [-0.4, -0.2) is 14.5 Å². The molecule has 1 unspecified atom stereocenters. The van der Waals surface area contributed by atoms with Crippen molar-refractivity contribution in [1.82, 2.24) is 4.98 Å². The highest BCUT2D eigenvalue weighted by Gasteiger charge is 2.25. The summed E-state index contributed by atoms with van der Waals surface area (Å²) >= 11 is 9.94. The normalized spacial score (nSPS) is 15.6. The summed E-state index contributed by atoms with van der Waals surface area (Å²) in [5.74, 6) is 0. The first kappa shape index (κ1) is 16.0. The highest BCUT2D eigenvalue weighted by Crippen LogP contribution is 2.40. The molecular weight excluding hydrogens is 437 g/mol. The molecule has 22 heavy (non-hydrogen) atoms. The van der Waals surface area contributed by atoms with Gasteiger partial charge < -0.3 is 14.6 Å². The van der Waals surface area contributed by atoms with Gasteiger partial charge in [-0.2, -0.15) is 0 Å². The molecule has 3 rings (SSSR count). The molecule has 0 spiro atoms. The number of aryl methyl sites for hydroxylation is 1. The average Bonchev–Trinajstić information content (AvgIpc) is 3.17. The first-order chi connectivity index (χ1) is 10.7. The standard InChI is InChI=1S/C15H13ClINO3S/c16-14-10(8-11(22-14)15-20-6-7-21-15)13(19)12-9(3-4-17)2-1-5-18-12/h1-2,5-8,13,15,19H,3-4H2. The first-order valence-corrected chi connectivity index (χ1v) is 9.35. The second kappa shape index (κ2) is 7.16. The Labute approximate surface area is 150 Å². The van der Waals surface area contributed by atoms with E-state index in [4.69, 9.17) is 21.1 Å². The number of aliphatic hydroxyl groups is 1. The van der Waals surface area contributed by atoms with Crippen LogP contribution in [-0.2, 0) is 15.9 Å². The molecule has 0 radical (unpaired) electrons. The zero-order chi connectivity index (χ0) is 15.5. The fourth-order valence-corrected chi connectivity index (χ4v) is 4.13. The minimum atomic E-state index is -0.856. The Kier molecular flexibility index (Phi) is 5.22. The van der Waals surface area contributed by atoms with Crippen molar-refractivity contribution in [3.05, 3.63) is 63.0 Å². The Balaban J connectivity index is 1.90. The summed E-state index contributed by atoms with van der Waals surface area (Å²) in [6.45, 7) is 0. The molecule has 0 saturated carbocycles. The molecule has 0 fully saturated rings. The zero-order valence-electron chi connectivity index (χ0n) is 11.4. The van der Waals surface area contributed by atoms with Crippen molar-refractivity contribution in [3.63, 3.8) is 0 Å². The summed E-state index contributed by atoms with van der Waals surface area (Å²) in [4.78, 5) is 5.15. The molecular formula is C15H13ClINO3S. The van der Waals surface area contributed by atoms with Gasteiger partial charge in [-0.15, -0.1) is 11.3 Å². The monoisotopic (exact) mass is 449 g/mol. The van der Waals surface area contributed by atoms with Gasteiger partial charge in [0.05, 0.1) is 14.9 Å². The van der Waals surface area contributed by atoms with Crippen molar-refractivity contribution in [2.45, 2.75) is 18.8 Å². The van der Waals surface area contributed by atoms with E-state index in [0.717, 1.165) is 21.3 Å². The van der Waals surface area contributed by atoms with Crippen LogP contribution in [0, 0.1) is 0 Å². The van der Waals surface area contributed by atoms with Gasteiger partial charge >= 0.3 is 0 Å². The van der Waals surface area contributed by atoms with Gasteiger partial charge in [0, 0.05) is 16.2 Å². The van der Waals surface area contributed by atoms with Gasteiger partial charge in [0.25, 0.3) is 6.29 Å². The minimum absolute atomic E-state index is 0.485. The van der Waals surface area contributed by atoms with Crippen LogP contribution in [0.5, 0.6) is 0 Å². The van der Waals surface area contributed by atoms with Crippen LogP contribution in [0.15, 0.2) is 36.9 Å². The molecule has 0 bridgehead atoms. The van der Waals surface area contributed by atoms with Crippen LogP contribution < -0.4 is 0 Å². The lowest BCUT2D eigenvalue weighted by Gasteiger charge is -2.13. The molecule has 1 aliphatic heterocycles. The van der Waals surface area contributed by atoms with Crippen molar-refractivity contribution in [1.29, 1.82) is 0 Å². The maximum atomic E-state index is 10.7. The Morgan fingerprint density at radius 2 is 2.18 bits per heavy atom. The molecule has 116 valence electrons. The Morgan fingerprint density at radius 3 is 2.91 bits per heavy atom. The summed E-state index contributed by atoms with van der Waals surface area (Å²) in [5, 5.41) is 10.7. The fraction of sp³-hybridized carbons (Fsp3) is 0.267. The number of pyridine rings is 1. The van der Waals surface area contributed by atoms with Crippen molar-refractivity contribution < 1.29 is 14.6 Å². The molecule has 0 amide bonds. The molecule has 1 aliphatic rings. The smallest absolute Gasteiger partial charge is 0.275 e. The second-order valence-electron chi connectivity index (χ2n) is 4.64. The SMILES string of the molecule is OC(c1cc(C2OC=CO2)sc1Cl)c1ncccc1CCI. The number of ether oxygens (including phenoxy) is 2. The molecule has 2 aromatic rings. The molecule has 2 aromatic heterocycles. The summed E-state index contributed by atoms with van der Waals surface area (Å²) in [6.07, 6.45) is 4.18. The van der Waals surface area contributed by atoms with Gasteiger partial charge in [-0.05, 0) is 24.1 Å². The van der Waals surface area contributed by atoms with Gasteiger partial charge in [-0.3, -0.25) is 4.98 Å². The first-order valence-electron chi connectivity index (χ1n) is 6.63. The van der Waals surface area contributed by atoms with Gasteiger partial charge in [0.15, 0.2) is 0 Å². The average molecular weight is 450 g/mol. The van der Waals surface area contributed by atoms with Gasteiger partial charge in [0.2, 0.25) is 0 Å². The minimum Gasteiger partial charge on any atom is -0.454 e. The summed E-state index contributed by atoms with van der Waals surface area (Å²) < 4.78 is 12.1. The molecule has 1 atom stereocenters. The molecule has 4 nitrogen and oxygen atoms in total. The third-order valence-corrected chi connectivity index (χ3v) is 5.22. The predicted octanol–water partition coefficient (Wildman–Crippen LogP) is 4.37. The van der Waals surface area contributed by atoms with Crippen LogP contribution in [0.4, 0.5) is 0 Å². The summed E-state index contributed by atoms with van der Waals surface area (Å²) in [6, 6.07) is 5.68. The molecule has 0 aromatic carbocycles. The number of hydrogen-bond acceptors (Lipinski definition) is 5. The van der Waals surface area contributed by atoms with E-state index in [1.165, 1.54) is 23.9 Å². The van der Waals surface area contributed by atoms with Gasteiger partial charge in [-0.25, -0.2) is 0 Å². The van der Waals surface area contributed by atoms with Crippen molar-refractivity contribution in [3.8, 4) is 0 Å². The van der Waals surface area contributed by atoms with E-state index in [0.29, 0.717) is 15.6 Å². The van der Waals surface area contributed by atoms with E-state index in [9.17, 15) is 5.11 Å². The largest absolute Gasteiger partial charge is 0.454 e. The Hall–Kier alpha value is -0.830. The summed E-state index contributed by atoms with van der Waals surface area (Å²) in [5.41, 5.74) is 2.31. The van der Waals surface area contributed by atoms with E-state index in [1.807, 2.05) is 18.2 Å². The number of nitrogens with zero attached hydrogens (tertiary/aromatic N) is 1. The molecule has 0 saturated heterocycles. The summed E-state index contributed by atoms with van der Waals surface area (Å²) in [7, 11) is 0.